The average Bonchev–Trinajstić information content (AvgIpc) is 2.35. The van der Waals surface area contributed by atoms with Gasteiger partial charge in [-0.1, -0.05) is 30.3 Å². The predicted octanol–water partition coefficient (Wildman–Crippen LogP) is 1.62. The summed E-state index contributed by atoms with van der Waals surface area (Å²) in [5.41, 5.74) is -0.486. The molecule has 0 bridgehead atoms. The van der Waals surface area contributed by atoms with Crippen LogP contribution in [0.2, 0.25) is 0 Å². The van der Waals surface area contributed by atoms with Crippen molar-refractivity contribution in [3.8, 4) is 0 Å². The number of ether oxygens (including phenoxy) is 1. The van der Waals surface area contributed by atoms with E-state index in [4.69, 9.17) is 4.74 Å². The molecule has 1 aromatic rings. The van der Waals surface area contributed by atoms with Crippen LogP contribution in [-0.2, 0) is 16.0 Å². The topological polar surface area (TPSA) is 67.4 Å². The number of carbonyl (C=O) groups excluding carboxylic acids is 2. The summed E-state index contributed by atoms with van der Waals surface area (Å²) < 4.78 is 5.23. The van der Waals surface area contributed by atoms with Gasteiger partial charge in [-0.3, -0.25) is 4.79 Å². The second kappa shape index (κ2) is 5.15. The third-order valence-corrected chi connectivity index (χ3v) is 3.07. The van der Waals surface area contributed by atoms with E-state index in [9.17, 15) is 9.59 Å². The number of β-lactam (4-membered cyclic amide) rings is 1. The van der Waals surface area contributed by atoms with Gasteiger partial charge in [-0.25, -0.2) is 4.79 Å². The van der Waals surface area contributed by atoms with Crippen LogP contribution < -0.4 is 10.6 Å². The van der Waals surface area contributed by atoms with E-state index >= 15 is 0 Å². The molecule has 1 fully saturated rings. The van der Waals surface area contributed by atoms with Crippen LogP contribution in [0, 0.1) is 0 Å². The third kappa shape index (κ3) is 3.29. The maximum absolute atomic E-state index is 11.9. The Morgan fingerprint density at radius 3 is 2.45 bits per heavy atom. The first-order chi connectivity index (χ1) is 9.31. The summed E-state index contributed by atoms with van der Waals surface area (Å²) in [5.74, 6) is -0.174. The van der Waals surface area contributed by atoms with E-state index in [2.05, 4.69) is 10.6 Å². The standard InChI is InChI=1S/C15H20N2O3/c1-14(2,3)20-13(19)17-15(10-16-12(15)18)9-11-7-5-4-6-8-11/h4-8H,9-10H2,1-3H3,(H,16,18)(H,17,19). The van der Waals surface area contributed by atoms with Crippen LogP contribution in [0.4, 0.5) is 4.79 Å². The number of hydrogen-bond donors (Lipinski definition) is 2. The highest BCUT2D eigenvalue weighted by atomic mass is 16.6. The van der Waals surface area contributed by atoms with Crippen LogP contribution in [0.15, 0.2) is 30.3 Å². The molecule has 5 nitrogen and oxygen atoms in total. The zero-order chi connectivity index (χ0) is 14.8. The molecule has 2 rings (SSSR count). The normalized spacial score (nSPS) is 21.6. The molecule has 2 amide bonds. The minimum absolute atomic E-state index is 0.174. The van der Waals surface area contributed by atoms with Gasteiger partial charge in [0.25, 0.3) is 0 Å². The van der Waals surface area contributed by atoms with Gasteiger partial charge in [-0.2, -0.15) is 0 Å². The van der Waals surface area contributed by atoms with Crippen molar-refractivity contribution in [2.45, 2.75) is 38.3 Å². The molecule has 1 unspecified atom stereocenters. The third-order valence-electron chi connectivity index (χ3n) is 3.07. The van der Waals surface area contributed by atoms with E-state index in [0.717, 1.165) is 5.56 Å². The fourth-order valence-electron chi connectivity index (χ4n) is 2.11. The Labute approximate surface area is 118 Å². The molecule has 1 aliphatic rings. The van der Waals surface area contributed by atoms with Crippen LogP contribution >= 0.6 is 0 Å². The Bertz CT molecular complexity index is 508. The molecule has 0 radical (unpaired) electrons. The molecule has 1 atom stereocenters. The summed E-state index contributed by atoms with van der Waals surface area (Å²) in [7, 11) is 0. The molecular weight excluding hydrogens is 256 g/mol. The minimum atomic E-state index is -0.899. The number of carbonyl (C=O) groups is 2. The van der Waals surface area contributed by atoms with Gasteiger partial charge in [0, 0.05) is 6.42 Å². The molecule has 0 spiro atoms. The van der Waals surface area contributed by atoms with Crippen molar-refractivity contribution in [2.24, 2.45) is 0 Å². The summed E-state index contributed by atoms with van der Waals surface area (Å²) in [6.07, 6.45) is -0.109. The fourth-order valence-corrected chi connectivity index (χ4v) is 2.11. The molecule has 1 aromatic carbocycles. The summed E-state index contributed by atoms with van der Waals surface area (Å²) in [6, 6.07) is 9.60. The number of nitrogens with one attached hydrogen (secondary N) is 2. The molecule has 1 aliphatic heterocycles. The van der Waals surface area contributed by atoms with E-state index < -0.39 is 17.2 Å². The van der Waals surface area contributed by atoms with Gasteiger partial charge in [0.05, 0.1) is 6.54 Å². The highest BCUT2D eigenvalue weighted by molar-refractivity contribution is 5.96. The zero-order valence-corrected chi connectivity index (χ0v) is 12.0. The van der Waals surface area contributed by atoms with E-state index in [1.54, 1.807) is 20.8 Å². The molecule has 1 saturated heterocycles. The van der Waals surface area contributed by atoms with Crippen LogP contribution in [0.1, 0.15) is 26.3 Å². The highest BCUT2D eigenvalue weighted by Crippen LogP contribution is 2.20. The van der Waals surface area contributed by atoms with E-state index in [0.29, 0.717) is 13.0 Å². The monoisotopic (exact) mass is 276 g/mol. The number of amides is 2. The molecule has 20 heavy (non-hydrogen) atoms. The first kappa shape index (κ1) is 14.4. The molecule has 108 valence electrons. The van der Waals surface area contributed by atoms with Crippen LogP contribution in [0.3, 0.4) is 0 Å². The van der Waals surface area contributed by atoms with Gasteiger partial charge in [0.2, 0.25) is 5.91 Å². The lowest BCUT2D eigenvalue weighted by molar-refractivity contribution is -0.135. The Morgan fingerprint density at radius 2 is 2.00 bits per heavy atom. The molecule has 0 saturated carbocycles. The highest BCUT2D eigenvalue weighted by Gasteiger charge is 2.48. The van der Waals surface area contributed by atoms with Gasteiger partial charge in [-0.15, -0.1) is 0 Å². The first-order valence-electron chi connectivity index (χ1n) is 6.64. The van der Waals surface area contributed by atoms with Crippen molar-refractivity contribution in [2.75, 3.05) is 6.54 Å². The molecule has 1 heterocycles. The van der Waals surface area contributed by atoms with Gasteiger partial charge >= 0.3 is 6.09 Å². The second-order valence-electron chi connectivity index (χ2n) is 6.05. The smallest absolute Gasteiger partial charge is 0.408 e. The lowest BCUT2D eigenvalue weighted by Gasteiger charge is -2.41. The predicted molar refractivity (Wildman–Crippen MR) is 75.3 cm³/mol. The maximum atomic E-state index is 11.9. The van der Waals surface area contributed by atoms with Crippen molar-refractivity contribution in [3.05, 3.63) is 35.9 Å². The van der Waals surface area contributed by atoms with Crippen molar-refractivity contribution in [1.82, 2.24) is 10.6 Å². The number of alkyl carbamates (subject to hydrolysis) is 1. The van der Waals surface area contributed by atoms with E-state index in [-0.39, 0.29) is 5.91 Å². The number of rotatable bonds is 3. The Kier molecular flexibility index (Phi) is 3.70. The summed E-state index contributed by atoms with van der Waals surface area (Å²) in [4.78, 5) is 23.8. The van der Waals surface area contributed by atoms with Crippen LogP contribution in [0.25, 0.3) is 0 Å². The van der Waals surface area contributed by atoms with Crippen LogP contribution in [0.5, 0.6) is 0 Å². The molecular formula is C15H20N2O3. The summed E-state index contributed by atoms with van der Waals surface area (Å²) in [6.45, 7) is 5.78. The largest absolute Gasteiger partial charge is 0.444 e. The van der Waals surface area contributed by atoms with Crippen molar-refractivity contribution < 1.29 is 14.3 Å². The van der Waals surface area contributed by atoms with E-state index in [1.165, 1.54) is 0 Å². The van der Waals surface area contributed by atoms with Crippen molar-refractivity contribution >= 4 is 12.0 Å². The first-order valence-corrected chi connectivity index (χ1v) is 6.64. The Hall–Kier alpha value is -2.04. The lowest BCUT2D eigenvalue weighted by Crippen LogP contribution is -2.74. The van der Waals surface area contributed by atoms with Crippen LogP contribution in [-0.4, -0.2) is 29.7 Å². The Balaban J connectivity index is 2.07. The molecule has 0 aromatic heterocycles. The zero-order valence-electron chi connectivity index (χ0n) is 12.0. The quantitative estimate of drug-likeness (QED) is 0.824. The number of hydrogen-bond acceptors (Lipinski definition) is 3. The molecule has 2 N–H and O–H groups in total. The van der Waals surface area contributed by atoms with Gasteiger partial charge < -0.3 is 15.4 Å². The summed E-state index contributed by atoms with van der Waals surface area (Å²) in [5, 5.41) is 5.39. The SMILES string of the molecule is CC(C)(C)OC(=O)NC1(Cc2ccccc2)CNC1=O. The average molecular weight is 276 g/mol. The Morgan fingerprint density at radius 1 is 1.35 bits per heavy atom. The van der Waals surface area contributed by atoms with Gasteiger partial charge in [-0.05, 0) is 26.3 Å². The second-order valence-corrected chi connectivity index (χ2v) is 6.05. The van der Waals surface area contributed by atoms with Gasteiger partial charge in [0.15, 0.2) is 0 Å². The maximum Gasteiger partial charge on any atom is 0.408 e. The molecule has 5 heteroatoms. The fraction of sp³-hybridized carbons (Fsp3) is 0.467. The molecule has 0 aliphatic carbocycles. The summed E-state index contributed by atoms with van der Waals surface area (Å²) >= 11 is 0. The number of benzene rings is 1. The lowest BCUT2D eigenvalue weighted by atomic mass is 9.84. The van der Waals surface area contributed by atoms with Gasteiger partial charge in [0.1, 0.15) is 11.1 Å². The van der Waals surface area contributed by atoms with E-state index in [1.807, 2.05) is 30.3 Å². The van der Waals surface area contributed by atoms with Crippen molar-refractivity contribution in [1.29, 1.82) is 0 Å². The minimum Gasteiger partial charge on any atom is -0.444 e. The van der Waals surface area contributed by atoms with Crippen molar-refractivity contribution in [3.63, 3.8) is 0 Å².